The first-order chi connectivity index (χ1) is 39.6. The molecule has 4 saturated heterocycles. The van der Waals surface area contributed by atoms with E-state index in [9.17, 15) is 0 Å². The van der Waals surface area contributed by atoms with E-state index in [1.54, 1.807) is 0 Å². The Bertz CT molecular complexity index is 3240. The van der Waals surface area contributed by atoms with E-state index in [1.165, 1.54) is 91.2 Å². The first kappa shape index (κ1) is 56.4. The van der Waals surface area contributed by atoms with E-state index < -0.39 is 0 Å². The number of aromatic nitrogens is 11. The lowest BCUT2D eigenvalue weighted by molar-refractivity contribution is 0.0924. The highest BCUT2D eigenvalue weighted by atomic mass is 35.5. The van der Waals surface area contributed by atoms with Crippen LogP contribution < -0.4 is 5.32 Å². The van der Waals surface area contributed by atoms with Crippen molar-refractivity contribution in [1.29, 1.82) is 0 Å². The summed E-state index contributed by atoms with van der Waals surface area (Å²) in [4.78, 5) is 51.5. The van der Waals surface area contributed by atoms with Gasteiger partial charge in [-0.3, -0.25) is 40.0 Å². The molecule has 1 saturated carbocycles. The molecule has 0 aromatic carbocycles. The van der Waals surface area contributed by atoms with Crippen molar-refractivity contribution in [2.24, 2.45) is 0 Å². The lowest BCUT2D eigenvalue weighted by Crippen LogP contribution is -2.43. The maximum absolute atomic E-state index is 6.49. The summed E-state index contributed by atoms with van der Waals surface area (Å²) in [6.07, 6.45) is 36.7. The van der Waals surface area contributed by atoms with E-state index in [4.69, 9.17) is 21.6 Å². The minimum Gasteiger partial charge on any atom is -0.345 e. The summed E-state index contributed by atoms with van der Waals surface area (Å²) in [5, 5.41) is 4.52. The van der Waals surface area contributed by atoms with E-state index >= 15 is 0 Å². The molecule has 8 aromatic rings. The minimum atomic E-state index is 0.255. The van der Waals surface area contributed by atoms with Crippen molar-refractivity contribution >= 4 is 11.6 Å². The Labute approximate surface area is 484 Å². The smallest absolute Gasteiger partial charge is 0.126 e. The van der Waals surface area contributed by atoms with Gasteiger partial charge < -0.3 is 19.4 Å². The number of nitrogens with zero attached hydrogens (tertiary/aromatic N) is 12. The molecular formula is C65H82ClN15. The number of halogens is 1. The Morgan fingerprint density at radius 3 is 1.72 bits per heavy atom. The number of aryl methyl sites for hydroxylation is 6. The van der Waals surface area contributed by atoms with Crippen molar-refractivity contribution in [1.82, 2.24) is 74.4 Å². The third-order valence-electron chi connectivity index (χ3n) is 18.2. The van der Waals surface area contributed by atoms with E-state index in [1.807, 2.05) is 98.1 Å². The first-order valence-electron chi connectivity index (χ1n) is 29.9. The van der Waals surface area contributed by atoms with Gasteiger partial charge in [-0.05, 0) is 204 Å². The molecular weight excluding hydrogens is 1030 g/mol. The van der Waals surface area contributed by atoms with Gasteiger partial charge in [-0.25, -0.2) is 15.0 Å². The van der Waals surface area contributed by atoms with Crippen molar-refractivity contribution in [3.63, 3.8) is 0 Å². The third kappa shape index (κ3) is 13.4. The number of piperidine rings is 4. The number of pyridine rings is 5. The standard InChI is InChI=1S/C22H30ClN5.C22H27N5.C21H25N5/c1-26-13-8-16(15-22(26)9-10-22)28-14-12-25-21(28)19-7-3-6-18(27(19)2)20-17(23)5-4-11-24-20;1-16-7-6-14-24-21(16)19-9-5-10-20(27(19)2)22-25-15-18(26-22)12-11-17-8-3-4-13-23-17;1-15-6-5-13-23-20(15)18-8-4-9-19(26-18)21-24-14-17(25-21)11-10-16-7-2-3-12-22-16/h4-5,11-12,14,16,18-19H,3,6-10,13,15H2,1-2H3;3-4,6-8,13-15,19-20H,5,9-12H2,1-2H3,(H,25,26);2-3,5-7,12-14,18-19,26H,4,8-11H2,1H3,(H,24,25)/t16?,18-,19+;19-,20+;18-,19+/m000/s1. The molecule has 13 rings (SSSR count). The third-order valence-corrected chi connectivity index (χ3v) is 18.6. The van der Waals surface area contributed by atoms with Crippen LogP contribution in [0.1, 0.15) is 194 Å². The van der Waals surface area contributed by atoms with Crippen LogP contribution in [0, 0.1) is 13.8 Å². The molecule has 424 valence electrons. The topological polar surface area (TPSA) is 161 Å². The molecule has 16 heteroatoms. The quantitative estimate of drug-likeness (QED) is 0.100. The average Bonchev–Trinajstić information content (AvgIpc) is 4.07. The summed E-state index contributed by atoms with van der Waals surface area (Å²) in [6.45, 7) is 5.48. The predicted octanol–water partition coefficient (Wildman–Crippen LogP) is 12.7. The Balaban J connectivity index is 0.000000128. The number of imidazole rings is 3. The number of aromatic amines is 2. The number of rotatable bonds is 13. The van der Waals surface area contributed by atoms with Crippen LogP contribution in [0.3, 0.4) is 0 Å². The van der Waals surface area contributed by atoms with Gasteiger partial charge in [-0.1, -0.05) is 35.9 Å². The molecule has 12 heterocycles. The second-order valence-corrected chi connectivity index (χ2v) is 23.9. The van der Waals surface area contributed by atoms with Gasteiger partial charge in [0.15, 0.2) is 0 Å². The fourth-order valence-corrected chi connectivity index (χ4v) is 13.6. The molecule has 1 spiro atoms. The van der Waals surface area contributed by atoms with Gasteiger partial charge in [0.05, 0.1) is 58.4 Å². The molecule has 5 aliphatic rings. The summed E-state index contributed by atoms with van der Waals surface area (Å²) >= 11 is 6.49. The maximum atomic E-state index is 6.49. The summed E-state index contributed by atoms with van der Waals surface area (Å²) in [7, 11) is 6.72. The Kier molecular flexibility index (Phi) is 18.2. The molecule has 15 nitrogen and oxygen atoms in total. The summed E-state index contributed by atoms with van der Waals surface area (Å²) in [5.41, 5.74) is 10.9. The van der Waals surface area contributed by atoms with Crippen LogP contribution in [0.25, 0.3) is 0 Å². The summed E-state index contributed by atoms with van der Waals surface area (Å²) < 4.78 is 2.50. The van der Waals surface area contributed by atoms with Gasteiger partial charge in [0.1, 0.15) is 17.5 Å². The van der Waals surface area contributed by atoms with Gasteiger partial charge in [0, 0.05) is 96.7 Å². The molecule has 1 aliphatic carbocycles. The van der Waals surface area contributed by atoms with Crippen molar-refractivity contribution in [3.8, 4) is 0 Å². The highest BCUT2D eigenvalue weighted by Crippen LogP contribution is 2.51. The molecule has 7 atom stereocenters. The van der Waals surface area contributed by atoms with Crippen LogP contribution in [-0.2, 0) is 25.7 Å². The average molecular weight is 1110 g/mol. The first-order valence-corrected chi connectivity index (χ1v) is 30.2. The molecule has 5 fully saturated rings. The van der Waals surface area contributed by atoms with Crippen LogP contribution in [0.15, 0.2) is 129 Å². The fourth-order valence-electron chi connectivity index (χ4n) is 13.4. The van der Waals surface area contributed by atoms with Crippen molar-refractivity contribution in [2.75, 3.05) is 27.7 Å². The molecule has 0 bridgehead atoms. The van der Waals surface area contributed by atoms with Gasteiger partial charge in [-0.2, -0.15) is 0 Å². The zero-order valence-corrected chi connectivity index (χ0v) is 48.9. The molecule has 0 amide bonds. The SMILES string of the molecule is CN1[C@@H](c2nccn2C2CCN(C)C3(CC3)C2)CCC[C@H]1c1ncccc1Cl.Cc1cccnc1[C@@H]1CCC[C@H](c2ncc(CCc3ccccn3)[nH]2)N1.Cc1cccnc1[C@@H]1CCC[C@H](c2ncc(CCc3ccccn3)[nH]2)N1C. The van der Waals surface area contributed by atoms with E-state index in [0.29, 0.717) is 35.7 Å². The second-order valence-electron chi connectivity index (χ2n) is 23.5. The van der Waals surface area contributed by atoms with E-state index in [2.05, 4.69) is 130 Å². The zero-order chi connectivity index (χ0) is 55.7. The van der Waals surface area contributed by atoms with Crippen molar-refractivity contribution in [3.05, 3.63) is 202 Å². The number of hydrogen-bond donors (Lipinski definition) is 3. The second kappa shape index (κ2) is 26.2. The van der Waals surface area contributed by atoms with Gasteiger partial charge in [0.2, 0.25) is 0 Å². The number of H-pyrrole nitrogens is 2. The molecule has 0 radical (unpaired) electrons. The van der Waals surface area contributed by atoms with E-state index in [-0.39, 0.29) is 12.1 Å². The van der Waals surface area contributed by atoms with Crippen LogP contribution >= 0.6 is 11.6 Å². The Morgan fingerprint density at radius 1 is 0.519 bits per heavy atom. The highest BCUT2D eigenvalue weighted by Gasteiger charge is 2.50. The van der Waals surface area contributed by atoms with Gasteiger partial charge in [-0.15, -0.1) is 0 Å². The minimum absolute atomic E-state index is 0.255. The molecule has 1 unspecified atom stereocenters. The zero-order valence-electron chi connectivity index (χ0n) is 48.1. The maximum Gasteiger partial charge on any atom is 0.126 e. The lowest BCUT2D eigenvalue weighted by atomic mass is 9.92. The Hall–Kier alpha value is -6.49. The van der Waals surface area contributed by atoms with Crippen molar-refractivity contribution in [2.45, 2.75) is 171 Å². The normalized spacial score (nSPS) is 24.0. The molecule has 3 N–H and O–H groups in total. The van der Waals surface area contributed by atoms with Crippen LogP contribution in [0.2, 0.25) is 5.02 Å². The number of likely N-dealkylation sites (tertiary alicyclic amines) is 3. The highest BCUT2D eigenvalue weighted by molar-refractivity contribution is 6.31. The summed E-state index contributed by atoms with van der Waals surface area (Å²) in [6, 6.07) is 26.7. The van der Waals surface area contributed by atoms with E-state index in [0.717, 1.165) is 98.0 Å². The van der Waals surface area contributed by atoms with Crippen molar-refractivity contribution < 1.29 is 0 Å². The predicted molar refractivity (Wildman–Crippen MR) is 319 cm³/mol. The number of nitrogens with one attached hydrogen (secondary N) is 3. The molecule has 4 aliphatic heterocycles. The van der Waals surface area contributed by atoms with Gasteiger partial charge in [0.25, 0.3) is 0 Å². The largest absolute Gasteiger partial charge is 0.345 e. The molecule has 8 aromatic heterocycles. The van der Waals surface area contributed by atoms with Gasteiger partial charge >= 0.3 is 0 Å². The molecule has 81 heavy (non-hydrogen) atoms. The van der Waals surface area contributed by atoms with Crippen LogP contribution in [0.5, 0.6) is 0 Å². The number of hydrogen-bond acceptors (Lipinski definition) is 12. The fraction of sp³-hybridized carbons (Fsp3) is 0.477. The lowest BCUT2D eigenvalue weighted by Gasteiger charge is -2.42. The summed E-state index contributed by atoms with van der Waals surface area (Å²) in [5.74, 6) is 3.34. The Morgan fingerprint density at radius 2 is 1.07 bits per heavy atom. The van der Waals surface area contributed by atoms with Crippen LogP contribution in [-0.4, -0.2) is 102 Å². The van der Waals surface area contributed by atoms with Crippen LogP contribution in [0.4, 0.5) is 0 Å². The monoisotopic (exact) mass is 1110 g/mol.